The smallest absolute Gasteiger partial charge is 0.279 e. The van der Waals surface area contributed by atoms with E-state index in [0.29, 0.717) is 0 Å². The van der Waals surface area contributed by atoms with Crippen molar-refractivity contribution in [3.05, 3.63) is 51.3 Å². The highest BCUT2D eigenvalue weighted by Crippen LogP contribution is 2.18. The molecule has 1 saturated heterocycles. The molecule has 1 aromatic heterocycles. The zero-order chi connectivity index (χ0) is 15.4. The standard InChI is InChI=1S/C15H16ClN3O2S/c16-14-13(20)15(18-22-17-14)21-12-6-8-19(9-7-12)10-11-4-2-1-3-5-11/h1-5,12H,6-10H2. The summed E-state index contributed by atoms with van der Waals surface area (Å²) in [6.07, 6.45) is 1.76. The van der Waals surface area contributed by atoms with Crippen molar-refractivity contribution in [2.45, 2.75) is 25.5 Å². The fourth-order valence-corrected chi connectivity index (χ4v) is 3.09. The van der Waals surface area contributed by atoms with Crippen LogP contribution in [-0.4, -0.2) is 32.8 Å². The Morgan fingerprint density at radius 3 is 2.68 bits per heavy atom. The van der Waals surface area contributed by atoms with Gasteiger partial charge in [0.1, 0.15) is 6.10 Å². The van der Waals surface area contributed by atoms with Gasteiger partial charge in [0.05, 0.1) is 11.7 Å². The molecule has 116 valence electrons. The van der Waals surface area contributed by atoms with Crippen LogP contribution in [0, 0.1) is 0 Å². The van der Waals surface area contributed by atoms with Crippen LogP contribution >= 0.6 is 23.3 Å². The minimum absolute atomic E-state index is 0.0119. The third-order valence-electron chi connectivity index (χ3n) is 3.69. The monoisotopic (exact) mass is 337 g/mol. The SMILES string of the molecule is O=c1c(Cl)nsnc1OC1CCN(Cc2ccccc2)CC1. The number of nitrogens with zero attached hydrogens (tertiary/aromatic N) is 3. The molecule has 0 amide bonds. The quantitative estimate of drug-likeness (QED) is 0.858. The van der Waals surface area contributed by atoms with Crippen LogP contribution in [-0.2, 0) is 6.54 Å². The molecule has 0 unspecified atom stereocenters. The van der Waals surface area contributed by atoms with Gasteiger partial charge in [-0.05, 0) is 18.4 Å². The van der Waals surface area contributed by atoms with Gasteiger partial charge < -0.3 is 4.74 Å². The molecule has 0 saturated carbocycles. The van der Waals surface area contributed by atoms with E-state index in [9.17, 15) is 4.79 Å². The Morgan fingerprint density at radius 1 is 1.23 bits per heavy atom. The van der Waals surface area contributed by atoms with Gasteiger partial charge in [0.25, 0.3) is 11.3 Å². The highest BCUT2D eigenvalue weighted by molar-refractivity contribution is 6.99. The van der Waals surface area contributed by atoms with Gasteiger partial charge in [-0.15, -0.1) is 4.37 Å². The second-order valence-corrected chi connectivity index (χ2v) is 6.15. The molecule has 7 heteroatoms. The lowest BCUT2D eigenvalue weighted by Crippen LogP contribution is -2.38. The van der Waals surface area contributed by atoms with Gasteiger partial charge in [0, 0.05) is 19.6 Å². The molecule has 2 aromatic rings. The van der Waals surface area contributed by atoms with Crippen LogP contribution in [0.2, 0.25) is 5.15 Å². The Bertz CT molecular complexity index is 672. The van der Waals surface area contributed by atoms with Crippen LogP contribution in [0.5, 0.6) is 5.88 Å². The maximum atomic E-state index is 11.8. The van der Waals surface area contributed by atoms with Gasteiger partial charge >= 0.3 is 0 Å². The summed E-state index contributed by atoms with van der Waals surface area (Å²) in [4.78, 5) is 14.2. The molecule has 0 N–H and O–H groups in total. The lowest BCUT2D eigenvalue weighted by Gasteiger charge is -2.31. The molecule has 5 nitrogen and oxygen atoms in total. The summed E-state index contributed by atoms with van der Waals surface area (Å²) in [5.41, 5.74) is 0.889. The summed E-state index contributed by atoms with van der Waals surface area (Å²) >= 11 is 6.60. The third kappa shape index (κ3) is 3.82. The van der Waals surface area contributed by atoms with E-state index in [2.05, 4.69) is 37.9 Å². The second kappa shape index (κ2) is 7.17. The highest BCUT2D eigenvalue weighted by Gasteiger charge is 2.22. The van der Waals surface area contributed by atoms with E-state index in [4.69, 9.17) is 16.3 Å². The molecular weight excluding hydrogens is 322 g/mol. The Morgan fingerprint density at radius 2 is 1.95 bits per heavy atom. The zero-order valence-electron chi connectivity index (χ0n) is 11.9. The molecule has 1 fully saturated rings. The van der Waals surface area contributed by atoms with E-state index in [1.54, 1.807) is 0 Å². The number of aromatic nitrogens is 2. The number of halogens is 1. The van der Waals surface area contributed by atoms with Crippen molar-refractivity contribution in [1.29, 1.82) is 0 Å². The average Bonchev–Trinajstić information content (AvgIpc) is 2.55. The summed E-state index contributed by atoms with van der Waals surface area (Å²) < 4.78 is 13.3. The van der Waals surface area contributed by atoms with Crippen LogP contribution in [0.4, 0.5) is 0 Å². The number of likely N-dealkylation sites (tertiary alicyclic amines) is 1. The predicted molar refractivity (Wildman–Crippen MR) is 86.6 cm³/mol. The van der Waals surface area contributed by atoms with Crippen molar-refractivity contribution < 1.29 is 4.74 Å². The summed E-state index contributed by atoms with van der Waals surface area (Å²) in [5.74, 6) is 0.0755. The van der Waals surface area contributed by atoms with E-state index in [1.165, 1.54) is 5.56 Å². The Labute approximate surface area is 137 Å². The molecule has 0 atom stereocenters. The summed E-state index contributed by atoms with van der Waals surface area (Å²) in [7, 11) is 0. The van der Waals surface area contributed by atoms with Crippen LogP contribution in [0.15, 0.2) is 35.1 Å². The first kappa shape index (κ1) is 15.4. The van der Waals surface area contributed by atoms with Gasteiger partial charge in [-0.2, -0.15) is 4.37 Å². The van der Waals surface area contributed by atoms with Crippen molar-refractivity contribution in [2.75, 3.05) is 13.1 Å². The Balaban J connectivity index is 1.54. The number of rotatable bonds is 4. The van der Waals surface area contributed by atoms with Crippen molar-refractivity contribution >= 4 is 23.3 Å². The largest absolute Gasteiger partial charge is 0.471 e. The van der Waals surface area contributed by atoms with Crippen LogP contribution in [0.3, 0.4) is 0 Å². The summed E-state index contributed by atoms with van der Waals surface area (Å²) in [6, 6.07) is 10.4. The van der Waals surface area contributed by atoms with E-state index in [-0.39, 0.29) is 17.1 Å². The first-order valence-electron chi connectivity index (χ1n) is 7.17. The molecular formula is C15H16ClN3O2S. The first-order chi connectivity index (χ1) is 10.7. The first-order valence-corrected chi connectivity index (χ1v) is 8.28. The van der Waals surface area contributed by atoms with E-state index >= 15 is 0 Å². The Hall–Kier alpha value is -1.50. The van der Waals surface area contributed by atoms with E-state index in [0.717, 1.165) is 44.2 Å². The molecule has 0 bridgehead atoms. The maximum absolute atomic E-state index is 11.8. The van der Waals surface area contributed by atoms with Crippen LogP contribution in [0.1, 0.15) is 18.4 Å². The zero-order valence-corrected chi connectivity index (χ0v) is 13.5. The number of ether oxygens (including phenoxy) is 1. The van der Waals surface area contributed by atoms with Crippen molar-refractivity contribution in [1.82, 2.24) is 13.6 Å². The number of benzene rings is 1. The third-order valence-corrected chi connectivity index (χ3v) is 4.56. The molecule has 1 aliphatic heterocycles. The Kier molecular flexibility index (Phi) is 5.02. The number of hydrogen-bond acceptors (Lipinski definition) is 6. The molecule has 3 rings (SSSR count). The van der Waals surface area contributed by atoms with Gasteiger partial charge in [-0.3, -0.25) is 9.69 Å². The molecule has 0 radical (unpaired) electrons. The number of hydrogen-bond donors (Lipinski definition) is 0. The second-order valence-electron chi connectivity index (χ2n) is 5.27. The summed E-state index contributed by atoms with van der Waals surface area (Å²) in [6.45, 7) is 2.83. The predicted octanol–water partition coefficient (Wildman–Crippen LogP) is 2.60. The summed E-state index contributed by atoms with van der Waals surface area (Å²) in [5, 5.41) is -0.0727. The van der Waals surface area contributed by atoms with Gasteiger partial charge in [-0.1, -0.05) is 41.9 Å². The normalized spacial score (nSPS) is 16.6. The topological polar surface area (TPSA) is 55.3 Å². The minimum Gasteiger partial charge on any atom is -0.471 e. The molecule has 0 aliphatic carbocycles. The molecule has 22 heavy (non-hydrogen) atoms. The van der Waals surface area contributed by atoms with E-state index in [1.807, 2.05) is 6.07 Å². The molecule has 1 aromatic carbocycles. The average molecular weight is 338 g/mol. The van der Waals surface area contributed by atoms with Crippen molar-refractivity contribution in [3.63, 3.8) is 0 Å². The van der Waals surface area contributed by atoms with Crippen molar-refractivity contribution in [3.8, 4) is 5.88 Å². The lowest BCUT2D eigenvalue weighted by atomic mass is 10.1. The fraction of sp³-hybridized carbons (Fsp3) is 0.400. The molecule has 1 aliphatic rings. The molecule has 0 spiro atoms. The van der Waals surface area contributed by atoms with Gasteiger partial charge in [0.15, 0.2) is 5.15 Å². The van der Waals surface area contributed by atoms with E-state index < -0.39 is 5.43 Å². The highest BCUT2D eigenvalue weighted by atomic mass is 35.5. The molecule has 2 heterocycles. The van der Waals surface area contributed by atoms with Crippen molar-refractivity contribution in [2.24, 2.45) is 0 Å². The van der Waals surface area contributed by atoms with Crippen LogP contribution < -0.4 is 10.2 Å². The maximum Gasteiger partial charge on any atom is 0.279 e. The minimum atomic E-state index is -0.424. The fourth-order valence-electron chi connectivity index (χ4n) is 2.52. The van der Waals surface area contributed by atoms with Crippen LogP contribution in [0.25, 0.3) is 0 Å². The van der Waals surface area contributed by atoms with Gasteiger partial charge in [-0.25, -0.2) is 0 Å². The van der Waals surface area contributed by atoms with Gasteiger partial charge in [0.2, 0.25) is 0 Å². The lowest BCUT2D eigenvalue weighted by molar-refractivity contribution is 0.0929. The number of piperidine rings is 1.